The molecule has 1 aliphatic carbocycles. The van der Waals surface area contributed by atoms with E-state index in [0.717, 1.165) is 22.7 Å². The lowest BCUT2D eigenvalue weighted by Gasteiger charge is -2.34. The molecular formula is C61H42N2. The minimum Gasteiger partial charge on any atom is -0.311 e. The summed E-state index contributed by atoms with van der Waals surface area (Å²) in [4.78, 5) is 2.31. The van der Waals surface area contributed by atoms with Gasteiger partial charge in [-0.2, -0.15) is 0 Å². The van der Waals surface area contributed by atoms with Gasteiger partial charge in [0.25, 0.3) is 0 Å². The molecule has 0 unspecified atom stereocenters. The molecule has 0 amide bonds. The van der Waals surface area contributed by atoms with E-state index in [1.807, 2.05) is 0 Å². The van der Waals surface area contributed by atoms with E-state index in [0.29, 0.717) is 0 Å². The van der Waals surface area contributed by atoms with Crippen LogP contribution in [0.15, 0.2) is 255 Å². The zero-order chi connectivity index (χ0) is 41.7. The van der Waals surface area contributed by atoms with E-state index >= 15 is 0 Å². The van der Waals surface area contributed by atoms with E-state index in [1.54, 1.807) is 0 Å². The topological polar surface area (TPSA) is 8.17 Å². The fourth-order valence-electron chi connectivity index (χ4n) is 10.3. The van der Waals surface area contributed by atoms with Crippen molar-refractivity contribution in [3.8, 4) is 39.1 Å². The average Bonchev–Trinajstić information content (AvgIpc) is 3.86. The first-order valence-corrected chi connectivity index (χ1v) is 21.8. The molecule has 0 radical (unpaired) electrons. The predicted octanol–water partition coefficient (Wildman–Crippen LogP) is 16.0. The number of hydrogen-bond acceptors (Lipinski definition) is 1. The molecule has 2 nitrogen and oxygen atoms in total. The van der Waals surface area contributed by atoms with E-state index in [-0.39, 0.29) is 0 Å². The highest BCUT2D eigenvalue weighted by atomic mass is 15.1. The number of para-hydroxylation sites is 3. The zero-order valence-corrected chi connectivity index (χ0v) is 34.6. The third-order valence-corrected chi connectivity index (χ3v) is 13.1. The second-order valence-electron chi connectivity index (χ2n) is 16.5. The summed E-state index contributed by atoms with van der Waals surface area (Å²) in [5.41, 5.74) is 19.0. The van der Waals surface area contributed by atoms with Crippen molar-refractivity contribution in [2.45, 2.75) is 5.41 Å². The molecule has 0 spiro atoms. The van der Waals surface area contributed by atoms with Crippen LogP contribution in [-0.4, -0.2) is 4.57 Å². The van der Waals surface area contributed by atoms with Gasteiger partial charge in [-0.15, -0.1) is 0 Å². The molecule has 0 N–H and O–H groups in total. The highest BCUT2D eigenvalue weighted by molar-refractivity contribution is 6.11. The van der Waals surface area contributed by atoms with Gasteiger partial charge < -0.3 is 9.47 Å². The maximum Gasteiger partial charge on any atom is 0.0713 e. The minimum atomic E-state index is -0.421. The Kier molecular flexibility index (Phi) is 8.76. The van der Waals surface area contributed by atoms with Crippen LogP contribution in [0.4, 0.5) is 17.1 Å². The summed E-state index contributed by atoms with van der Waals surface area (Å²) in [5, 5.41) is 2.46. The lowest BCUT2D eigenvalue weighted by molar-refractivity contribution is 0.768. The zero-order valence-electron chi connectivity index (χ0n) is 34.6. The van der Waals surface area contributed by atoms with Crippen molar-refractivity contribution in [2.24, 2.45) is 0 Å². The van der Waals surface area contributed by atoms with Crippen LogP contribution >= 0.6 is 0 Å². The largest absolute Gasteiger partial charge is 0.311 e. The molecule has 0 saturated carbocycles. The van der Waals surface area contributed by atoms with Gasteiger partial charge in [-0.25, -0.2) is 0 Å². The summed E-state index contributed by atoms with van der Waals surface area (Å²) in [6.07, 6.45) is 0. The van der Waals surface area contributed by atoms with E-state index in [1.165, 1.54) is 77.4 Å². The maximum atomic E-state index is 2.40. The fraction of sp³-hybridized carbons (Fsp3) is 0.0164. The summed E-state index contributed by atoms with van der Waals surface area (Å²) in [5.74, 6) is 0. The number of rotatable bonds is 8. The van der Waals surface area contributed by atoms with Crippen molar-refractivity contribution >= 4 is 38.9 Å². The Morgan fingerprint density at radius 2 is 0.683 bits per heavy atom. The normalized spacial score (nSPS) is 12.6. The number of aromatic nitrogens is 1. The summed E-state index contributed by atoms with van der Waals surface area (Å²) >= 11 is 0. The highest BCUT2D eigenvalue weighted by Gasteiger charge is 2.45. The first-order chi connectivity index (χ1) is 31.3. The van der Waals surface area contributed by atoms with E-state index < -0.39 is 5.41 Å². The van der Waals surface area contributed by atoms with Crippen molar-refractivity contribution in [1.82, 2.24) is 4.57 Å². The number of hydrogen-bond donors (Lipinski definition) is 0. The highest BCUT2D eigenvalue weighted by Crippen LogP contribution is 2.56. The molecule has 0 saturated heterocycles. The predicted molar refractivity (Wildman–Crippen MR) is 264 cm³/mol. The lowest BCUT2D eigenvalue weighted by atomic mass is 9.67. The van der Waals surface area contributed by atoms with Crippen molar-refractivity contribution in [1.29, 1.82) is 0 Å². The molecule has 0 bridgehead atoms. The van der Waals surface area contributed by atoms with Crippen molar-refractivity contribution in [3.05, 3.63) is 277 Å². The molecule has 0 fully saturated rings. The van der Waals surface area contributed by atoms with Crippen LogP contribution in [-0.2, 0) is 5.41 Å². The number of benzene rings is 10. The second kappa shape index (κ2) is 15.1. The molecule has 1 aliphatic rings. The van der Waals surface area contributed by atoms with Crippen LogP contribution in [0.3, 0.4) is 0 Å². The monoisotopic (exact) mass is 802 g/mol. The summed E-state index contributed by atoms with van der Waals surface area (Å²) < 4.78 is 2.40. The van der Waals surface area contributed by atoms with Gasteiger partial charge in [0.1, 0.15) is 0 Å². The first-order valence-electron chi connectivity index (χ1n) is 21.8. The second-order valence-corrected chi connectivity index (χ2v) is 16.5. The molecular weight excluding hydrogens is 761 g/mol. The van der Waals surface area contributed by atoms with Crippen LogP contribution in [0.1, 0.15) is 22.3 Å². The SMILES string of the molecule is c1ccc(N(c2ccccc2)c2ccc(-c3ccc4c(c3)c3cc(-c5ccc(C6(c7ccccc7)c7ccccc7-c7ccccc76)cc5)ccc3n4-c3ccccc3)cc2)cc1. The fourth-order valence-corrected chi connectivity index (χ4v) is 10.3. The van der Waals surface area contributed by atoms with Crippen LogP contribution < -0.4 is 4.90 Å². The Morgan fingerprint density at radius 1 is 0.302 bits per heavy atom. The molecule has 2 heteroatoms. The maximum absolute atomic E-state index is 2.40. The van der Waals surface area contributed by atoms with E-state index in [4.69, 9.17) is 0 Å². The summed E-state index contributed by atoms with van der Waals surface area (Å²) in [6.45, 7) is 0. The van der Waals surface area contributed by atoms with E-state index in [2.05, 4.69) is 264 Å². The van der Waals surface area contributed by atoms with Crippen molar-refractivity contribution in [2.75, 3.05) is 4.90 Å². The molecule has 11 aromatic rings. The van der Waals surface area contributed by atoms with Crippen molar-refractivity contribution < 1.29 is 0 Å². The molecule has 10 aromatic carbocycles. The number of nitrogens with zero attached hydrogens (tertiary/aromatic N) is 2. The third-order valence-electron chi connectivity index (χ3n) is 13.1. The minimum absolute atomic E-state index is 0.421. The Morgan fingerprint density at radius 3 is 1.19 bits per heavy atom. The Hall–Kier alpha value is -8.20. The van der Waals surface area contributed by atoms with Gasteiger partial charge in [0.2, 0.25) is 0 Å². The molecule has 63 heavy (non-hydrogen) atoms. The quantitative estimate of drug-likeness (QED) is 0.149. The van der Waals surface area contributed by atoms with Gasteiger partial charge in [0.05, 0.1) is 16.4 Å². The lowest BCUT2D eigenvalue weighted by Crippen LogP contribution is -2.28. The molecule has 0 aliphatic heterocycles. The van der Waals surface area contributed by atoms with Crippen LogP contribution in [0, 0.1) is 0 Å². The summed E-state index contributed by atoms with van der Waals surface area (Å²) in [6, 6.07) is 93.1. The van der Waals surface area contributed by atoms with Crippen LogP contribution in [0.25, 0.3) is 60.9 Å². The molecule has 12 rings (SSSR count). The van der Waals surface area contributed by atoms with Gasteiger partial charge in [0.15, 0.2) is 0 Å². The van der Waals surface area contributed by atoms with Crippen LogP contribution in [0.5, 0.6) is 0 Å². The number of fused-ring (bicyclic) bond motifs is 6. The van der Waals surface area contributed by atoms with Gasteiger partial charge >= 0.3 is 0 Å². The van der Waals surface area contributed by atoms with Crippen LogP contribution in [0.2, 0.25) is 0 Å². The van der Waals surface area contributed by atoms with Crippen molar-refractivity contribution in [3.63, 3.8) is 0 Å². The summed E-state index contributed by atoms with van der Waals surface area (Å²) in [7, 11) is 0. The first kappa shape index (κ1) is 36.6. The molecule has 296 valence electrons. The number of anilines is 3. The molecule has 1 aromatic heterocycles. The smallest absolute Gasteiger partial charge is 0.0713 e. The van der Waals surface area contributed by atoms with E-state index in [9.17, 15) is 0 Å². The Labute approximate surface area is 368 Å². The van der Waals surface area contributed by atoms with Gasteiger partial charge in [-0.1, -0.05) is 182 Å². The Bertz CT molecular complexity index is 3320. The molecule has 1 heterocycles. The molecule has 0 atom stereocenters. The van der Waals surface area contributed by atoms with Gasteiger partial charge in [0, 0.05) is 33.5 Å². The van der Waals surface area contributed by atoms with Gasteiger partial charge in [-0.05, 0) is 128 Å². The third kappa shape index (κ3) is 5.95. The Balaban J connectivity index is 0.968. The standard InChI is InChI=1S/C61H42N2/c1-5-17-47(18-6-1)61(57-27-15-13-25-53(57)54-26-14-16-28-58(54)61)48-35-29-43(30-36-48)45-33-39-59-55(41-45)56-42-46(34-40-60(56)63(59)51-23-11-4-12-24-51)44-31-37-52(38-32-44)62(49-19-7-2-8-20-49)50-21-9-3-10-22-50/h1-42H. The van der Waals surface area contributed by atoms with Gasteiger partial charge in [-0.3, -0.25) is 0 Å². The average molecular weight is 803 g/mol.